The second kappa shape index (κ2) is 8.15. The van der Waals surface area contributed by atoms with Crippen LogP contribution in [-0.4, -0.2) is 29.1 Å². The summed E-state index contributed by atoms with van der Waals surface area (Å²) in [4.78, 5) is 13.8. The molecule has 2 atom stereocenters. The van der Waals surface area contributed by atoms with Gasteiger partial charge in [-0.15, -0.1) is 0 Å². The van der Waals surface area contributed by atoms with E-state index in [9.17, 15) is 9.90 Å². The van der Waals surface area contributed by atoms with Crippen LogP contribution in [0.5, 0.6) is 0 Å². The topological polar surface area (TPSA) is 40.5 Å². The highest BCUT2D eigenvalue weighted by Crippen LogP contribution is 2.33. The molecule has 1 aliphatic rings. The molecule has 4 heteroatoms. The molecule has 0 aliphatic carbocycles. The molecule has 2 unspecified atom stereocenters. The highest BCUT2D eigenvalue weighted by atomic mass is 79.9. The van der Waals surface area contributed by atoms with E-state index < -0.39 is 5.97 Å². The molecule has 0 saturated carbocycles. The Bertz CT molecular complexity index is 712. The molecule has 1 saturated heterocycles. The van der Waals surface area contributed by atoms with Crippen LogP contribution >= 0.6 is 15.9 Å². The van der Waals surface area contributed by atoms with Gasteiger partial charge in [0.15, 0.2) is 0 Å². The predicted octanol–water partition coefficient (Wildman–Crippen LogP) is 4.90. The summed E-state index contributed by atoms with van der Waals surface area (Å²) in [5, 5.41) is 9.45. The fourth-order valence-electron chi connectivity index (χ4n) is 3.64. The van der Waals surface area contributed by atoms with Crippen molar-refractivity contribution in [1.82, 2.24) is 4.90 Å². The zero-order chi connectivity index (χ0) is 17.8. The lowest BCUT2D eigenvalue weighted by Gasteiger charge is -2.37. The molecule has 1 aliphatic heterocycles. The number of hydrogen-bond acceptors (Lipinski definition) is 2. The molecule has 0 radical (unpaired) electrons. The fraction of sp³-hybridized carbons (Fsp3) is 0.381. The smallest absolute Gasteiger partial charge is 0.307 e. The van der Waals surface area contributed by atoms with Gasteiger partial charge in [-0.3, -0.25) is 9.69 Å². The molecular weight excluding hydrogens is 378 g/mol. The summed E-state index contributed by atoms with van der Waals surface area (Å²) in [5.74, 6) is -0.956. The van der Waals surface area contributed by atoms with Crippen molar-refractivity contribution in [2.75, 3.05) is 13.1 Å². The van der Waals surface area contributed by atoms with Crippen LogP contribution in [0.4, 0.5) is 0 Å². The fourth-order valence-corrected chi connectivity index (χ4v) is 3.90. The highest BCUT2D eigenvalue weighted by Gasteiger charge is 2.31. The van der Waals surface area contributed by atoms with Gasteiger partial charge in [0.25, 0.3) is 0 Å². The third-order valence-corrected chi connectivity index (χ3v) is 5.59. The standard InChI is InChI=1S/C21H24BrNO2/c1-2-15-5-7-16(8-6-15)20(17-9-11-19(22)12-10-17)23-13-3-4-18(14-23)21(24)25/h5-12,18,20H,2-4,13-14H2,1H3,(H,24,25). The number of likely N-dealkylation sites (tertiary alicyclic amines) is 1. The summed E-state index contributed by atoms with van der Waals surface area (Å²) >= 11 is 3.50. The van der Waals surface area contributed by atoms with Crippen LogP contribution in [-0.2, 0) is 11.2 Å². The van der Waals surface area contributed by atoms with Crippen LogP contribution in [0.25, 0.3) is 0 Å². The summed E-state index contributed by atoms with van der Waals surface area (Å²) in [6.07, 6.45) is 2.72. The first-order valence-corrected chi connectivity index (χ1v) is 9.69. The first-order valence-electron chi connectivity index (χ1n) is 8.89. The van der Waals surface area contributed by atoms with Gasteiger partial charge in [-0.05, 0) is 54.6 Å². The van der Waals surface area contributed by atoms with Crippen molar-refractivity contribution in [2.45, 2.75) is 32.2 Å². The average Bonchev–Trinajstić information content (AvgIpc) is 2.64. The van der Waals surface area contributed by atoms with Gasteiger partial charge in [-0.25, -0.2) is 0 Å². The van der Waals surface area contributed by atoms with Crippen molar-refractivity contribution >= 4 is 21.9 Å². The number of piperidine rings is 1. The van der Waals surface area contributed by atoms with Gasteiger partial charge >= 0.3 is 5.97 Å². The summed E-state index contributed by atoms with van der Waals surface area (Å²) < 4.78 is 1.05. The van der Waals surface area contributed by atoms with E-state index in [0.29, 0.717) is 6.54 Å². The van der Waals surface area contributed by atoms with Crippen LogP contribution in [0.1, 0.15) is 42.5 Å². The summed E-state index contributed by atoms with van der Waals surface area (Å²) in [7, 11) is 0. The Morgan fingerprint density at radius 2 is 1.76 bits per heavy atom. The van der Waals surface area contributed by atoms with E-state index in [1.165, 1.54) is 16.7 Å². The third kappa shape index (κ3) is 4.31. The largest absolute Gasteiger partial charge is 0.481 e. The van der Waals surface area contributed by atoms with Crippen LogP contribution in [0.2, 0.25) is 0 Å². The maximum atomic E-state index is 11.5. The molecule has 1 N–H and O–H groups in total. The summed E-state index contributed by atoms with van der Waals surface area (Å²) in [6.45, 7) is 3.69. The van der Waals surface area contributed by atoms with Crippen molar-refractivity contribution in [2.24, 2.45) is 5.92 Å². The summed E-state index contributed by atoms with van der Waals surface area (Å²) in [6, 6.07) is 17.2. The minimum Gasteiger partial charge on any atom is -0.481 e. The van der Waals surface area contributed by atoms with Crippen molar-refractivity contribution in [3.63, 3.8) is 0 Å². The van der Waals surface area contributed by atoms with Crippen LogP contribution in [0, 0.1) is 5.92 Å². The maximum Gasteiger partial charge on any atom is 0.307 e. The lowest BCUT2D eigenvalue weighted by Crippen LogP contribution is -2.41. The van der Waals surface area contributed by atoms with Gasteiger partial charge in [0.2, 0.25) is 0 Å². The number of hydrogen-bond donors (Lipinski definition) is 1. The van der Waals surface area contributed by atoms with E-state index in [1.54, 1.807) is 0 Å². The molecule has 0 aromatic heterocycles. The number of carboxylic acids is 1. The third-order valence-electron chi connectivity index (χ3n) is 5.06. The molecule has 2 aromatic carbocycles. The van der Waals surface area contributed by atoms with Crippen LogP contribution < -0.4 is 0 Å². The zero-order valence-electron chi connectivity index (χ0n) is 14.5. The number of rotatable bonds is 5. The maximum absolute atomic E-state index is 11.5. The number of benzene rings is 2. The van der Waals surface area contributed by atoms with E-state index >= 15 is 0 Å². The minimum absolute atomic E-state index is 0.0983. The Hall–Kier alpha value is -1.65. The monoisotopic (exact) mass is 401 g/mol. The summed E-state index contributed by atoms with van der Waals surface area (Å²) in [5.41, 5.74) is 3.75. The van der Waals surface area contributed by atoms with Gasteiger partial charge in [-0.1, -0.05) is 59.3 Å². The first kappa shape index (κ1) is 18.2. The molecule has 2 aromatic rings. The molecule has 132 valence electrons. The number of halogens is 1. The number of carbonyl (C=O) groups is 1. The number of carboxylic acid groups (broad SMARTS) is 1. The molecule has 0 bridgehead atoms. The lowest BCUT2D eigenvalue weighted by molar-refractivity contribution is -0.143. The average molecular weight is 402 g/mol. The van der Waals surface area contributed by atoms with Gasteiger partial charge in [-0.2, -0.15) is 0 Å². The second-order valence-electron chi connectivity index (χ2n) is 6.72. The van der Waals surface area contributed by atoms with E-state index in [-0.39, 0.29) is 12.0 Å². The van der Waals surface area contributed by atoms with Gasteiger partial charge in [0.05, 0.1) is 12.0 Å². The molecule has 0 spiro atoms. The van der Waals surface area contributed by atoms with Crippen molar-refractivity contribution in [3.05, 3.63) is 69.7 Å². The quantitative estimate of drug-likeness (QED) is 0.774. The SMILES string of the molecule is CCc1ccc(C(c2ccc(Br)cc2)N2CCCC(C(=O)O)C2)cc1. The normalized spacial score (nSPS) is 19.5. The van der Waals surface area contributed by atoms with E-state index in [2.05, 4.69) is 76.3 Å². The molecule has 0 amide bonds. The van der Waals surface area contributed by atoms with Crippen LogP contribution in [0.3, 0.4) is 0 Å². The van der Waals surface area contributed by atoms with Crippen molar-refractivity contribution < 1.29 is 9.90 Å². The Morgan fingerprint density at radius 1 is 1.16 bits per heavy atom. The van der Waals surface area contributed by atoms with Crippen molar-refractivity contribution in [3.8, 4) is 0 Å². The molecular formula is C21H24BrNO2. The van der Waals surface area contributed by atoms with Gasteiger partial charge < -0.3 is 5.11 Å². The Balaban J connectivity index is 1.95. The van der Waals surface area contributed by atoms with E-state index in [0.717, 1.165) is 30.3 Å². The predicted molar refractivity (Wildman–Crippen MR) is 104 cm³/mol. The number of aliphatic carboxylic acids is 1. The first-order chi connectivity index (χ1) is 12.1. The van der Waals surface area contributed by atoms with E-state index in [1.807, 2.05) is 0 Å². The van der Waals surface area contributed by atoms with Crippen molar-refractivity contribution in [1.29, 1.82) is 0 Å². The zero-order valence-corrected chi connectivity index (χ0v) is 16.1. The van der Waals surface area contributed by atoms with Gasteiger partial charge in [0, 0.05) is 11.0 Å². The minimum atomic E-state index is -0.680. The second-order valence-corrected chi connectivity index (χ2v) is 7.64. The Morgan fingerprint density at radius 3 is 2.32 bits per heavy atom. The van der Waals surface area contributed by atoms with E-state index in [4.69, 9.17) is 0 Å². The highest BCUT2D eigenvalue weighted by molar-refractivity contribution is 9.10. The van der Waals surface area contributed by atoms with Crippen LogP contribution in [0.15, 0.2) is 53.0 Å². The number of nitrogens with zero attached hydrogens (tertiary/aromatic N) is 1. The molecule has 3 rings (SSSR count). The van der Waals surface area contributed by atoms with Gasteiger partial charge in [0.1, 0.15) is 0 Å². The molecule has 1 heterocycles. The Kier molecular flexibility index (Phi) is 5.92. The lowest BCUT2D eigenvalue weighted by atomic mass is 9.91. The number of aryl methyl sites for hydroxylation is 1. The molecule has 3 nitrogen and oxygen atoms in total. The molecule has 1 fully saturated rings. The molecule has 25 heavy (non-hydrogen) atoms. The Labute approximate surface area is 157 Å².